The van der Waals surface area contributed by atoms with E-state index in [2.05, 4.69) is 20.3 Å². The third-order valence-electron chi connectivity index (χ3n) is 5.17. The number of anilines is 1. The number of nitrogens with two attached hydrogens (primary N) is 1. The van der Waals surface area contributed by atoms with Gasteiger partial charge in [0, 0.05) is 22.8 Å². The first kappa shape index (κ1) is 25.8. The zero-order valence-electron chi connectivity index (χ0n) is 18.4. The summed E-state index contributed by atoms with van der Waals surface area (Å²) in [6.45, 7) is -3.06. The second-order valence-electron chi connectivity index (χ2n) is 7.39. The molecule has 0 aromatic carbocycles. The van der Waals surface area contributed by atoms with E-state index in [4.69, 9.17) is 5.73 Å². The molecule has 1 unspecified atom stereocenters. The Morgan fingerprint density at radius 2 is 2.28 bits per heavy atom. The lowest BCUT2D eigenvalue weighted by Crippen LogP contribution is -2.71. The lowest BCUT2D eigenvalue weighted by atomic mass is 10.0. The number of carboxylic acids is 1. The van der Waals surface area contributed by atoms with Gasteiger partial charge in [-0.1, -0.05) is 5.16 Å². The molecule has 0 spiro atoms. The number of pyridine rings is 1. The number of carbonyl (C=O) groups is 3. The molecule has 0 bridgehead atoms. The smallest absolute Gasteiger partial charge is 0.407 e. The average Bonchev–Trinajstić information content (AvgIpc) is 3.27. The number of carbonyl (C=O) groups excluding carboxylic acids is 3. The van der Waals surface area contributed by atoms with E-state index in [1.807, 2.05) is 24.6 Å². The number of fused-ring (bicyclic) bond motifs is 1. The number of halogens is 2. The van der Waals surface area contributed by atoms with Crippen LogP contribution in [0.15, 0.2) is 51.2 Å². The number of nitrogens with zero attached hydrogens (tertiary/aromatic N) is 4. The van der Waals surface area contributed by atoms with Gasteiger partial charge < -0.3 is 25.8 Å². The van der Waals surface area contributed by atoms with Crippen LogP contribution < -0.4 is 20.7 Å². The Morgan fingerprint density at radius 3 is 2.92 bits per heavy atom. The summed E-state index contributed by atoms with van der Waals surface area (Å²) in [7, 11) is 0. The summed E-state index contributed by atoms with van der Waals surface area (Å²) in [5, 5.41) is 18.2. The molecule has 1 saturated heterocycles. The van der Waals surface area contributed by atoms with Crippen molar-refractivity contribution in [1.29, 1.82) is 0 Å². The first-order valence-electron chi connectivity index (χ1n) is 10.1. The van der Waals surface area contributed by atoms with Gasteiger partial charge in [-0.25, -0.2) is 4.98 Å². The number of amides is 2. The number of hydrogen-bond donors (Lipinski definition) is 2. The van der Waals surface area contributed by atoms with Gasteiger partial charge in [0.05, 0.1) is 16.6 Å². The number of aliphatic carboxylic acids is 1. The van der Waals surface area contributed by atoms with Crippen LogP contribution in [0.1, 0.15) is 5.69 Å². The monoisotopic (exact) mass is 556 g/mol. The summed E-state index contributed by atoms with van der Waals surface area (Å²) in [5.41, 5.74) is 5.06. The van der Waals surface area contributed by atoms with Crippen molar-refractivity contribution in [3.05, 3.63) is 46.9 Å². The van der Waals surface area contributed by atoms with Gasteiger partial charge in [-0.05, 0) is 12.3 Å². The number of aromatic nitrogens is 2. The number of nitrogens with one attached hydrogen (secondary N) is 1. The van der Waals surface area contributed by atoms with E-state index in [0.29, 0.717) is 5.57 Å². The maximum Gasteiger partial charge on any atom is 0.407 e. The molecular formula is C20H18F2N6O5S3. The fourth-order valence-electron chi connectivity index (χ4n) is 3.63. The zero-order chi connectivity index (χ0) is 26.0. The van der Waals surface area contributed by atoms with Gasteiger partial charge in [0.25, 0.3) is 11.8 Å². The lowest BCUT2D eigenvalue weighted by molar-refractivity contribution is -0.690. The Hall–Kier alpha value is -3.24. The van der Waals surface area contributed by atoms with Gasteiger partial charge in [-0.3, -0.25) is 14.5 Å². The third kappa shape index (κ3) is 5.29. The number of oxime groups is 1. The molecule has 4 rings (SSSR count). The molecule has 190 valence electrons. The van der Waals surface area contributed by atoms with Crippen LogP contribution in [-0.4, -0.2) is 63.4 Å². The molecule has 2 aliphatic rings. The lowest BCUT2D eigenvalue weighted by Gasteiger charge is -2.50. The molecule has 2 aromatic rings. The zero-order valence-corrected chi connectivity index (χ0v) is 20.9. The van der Waals surface area contributed by atoms with E-state index in [9.17, 15) is 28.3 Å². The summed E-state index contributed by atoms with van der Waals surface area (Å²) in [5.74, 6) is -2.94. The van der Waals surface area contributed by atoms with Gasteiger partial charge in [0.15, 0.2) is 29.8 Å². The molecule has 2 aliphatic heterocycles. The molecule has 3 N–H and O–H groups in total. The van der Waals surface area contributed by atoms with Crippen LogP contribution in [0.5, 0.6) is 0 Å². The van der Waals surface area contributed by atoms with Crippen molar-refractivity contribution in [1.82, 2.24) is 15.2 Å². The van der Waals surface area contributed by atoms with Crippen molar-refractivity contribution in [2.75, 3.05) is 17.7 Å². The number of alkyl halides is 2. The molecule has 2 amide bonds. The van der Waals surface area contributed by atoms with Gasteiger partial charge in [0.2, 0.25) is 0 Å². The molecule has 4 heterocycles. The van der Waals surface area contributed by atoms with Crippen LogP contribution in [-0.2, 0) is 25.8 Å². The molecular weight excluding hydrogens is 538 g/mol. The topological polar surface area (TPSA) is 154 Å². The van der Waals surface area contributed by atoms with Gasteiger partial charge in [-0.2, -0.15) is 13.3 Å². The van der Waals surface area contributed by atoms with Crippen LogP contribution in [0.4, 0.5) is 13.9 Å². The minimum Gasteiger partial charge on any atom is -0.543 e. The standard InChI is InChI=1S/C20H18F2N6O5S3/c1-34-10-3-2-4-27(6-10)5-9-7-35-17-13(16(30)28(17)14(9)18(31)32)25-15(29)12(26-33-19(21)22)11-8-36-20(23)24-11/h2-4,6,8,13,17,19H,5,7H2,1H3,(H3-,23,24,25,29,31,32)/t13?,17-/m1/s1. The van der Waals surface area contributed by atoms with E-state index in [1.54, 1.807) is 10.8 Å². The second kappa shape index (κ2) is 10.8. The molecule has 0 aliphatic carbocycles. The Morgan fingerprint density at radius 1 is 1.50 bits per heavy atom. The van der Waals surface area contributed by atoms with Crippen LogP contribution in [0, 0.1) is 0 Å². The van der Waals surface area contributed by atoms with Crippen LogP contribution in [0.3, 0.4) is 0 Å². The fraction of sp³-hybridized carbons (Fsp3) is 0.300. The van der Waals surface area contributed by atoms with Gasteiger partial charge >= 0.3 is 6.61 Å². The van der Waals surface area contributed by atoms with Crippen molar-refractivity contribution >= 4 is 63.5 Å². The van der Waals surface area contributed by atoms with Gasteiger partial charge in [-0.15, -0.1) is 34.9 Å². The minimum absolute atomic E-state index is 0.0634. The second-order valence-corrected chi connectivity index (χ2v) is 10.3. The predicted octanol–water partition coefficient (Wildman–Crippen LogP) is -0.218. The molecule has 16 heteroatoms. The molecule has 2 atom stereocenters. The number of carboxylic acid groups (broad SMARTS) is 1. The average molecular weight is 557 g/mol. The highest BCUT2D eigenvalue weighted by molar-refractivity contribution is 8.00. The molecule has 36 heavy (non-hydrogen) atoms. The fourth-order valence-corrected chi connectivity index (χ4v) is 5.97. The summed E-state index contributed by atoms with van der Waals surface area (Å²) in [4.78, 5) is 47.5. The largest absolute Gasteiger partial charge is 0.543 e. The summed E-state index contributed by atoms with van der Waals surface area (Å²) in [6.07, 6.45) is 5.56. The van der Waals surface area contributed by atoms with Crippen molar-refractivity contribution in [2.45, 2.75) is 29.5 Å². The molecule has 11 nitrogen and oxygen atoms in total. The van der Waals surface area contributed by atoms with Crippen molar-refractivity contribution < 1.29 is 37.7 Å². The Bertz CT molecular complexity index is 1270. The maximum atomic E-state index is 12.9. The highest BCUT2D eigenvalue weighted by atomic mass is 32.2. The Labute approximate surface area is 215 Å². The Kier molecular flexibility index (Phi) is 7.75. The van der Waals surface area contributed by atoms with E-state index < -0.39 is 41.5 Å². The molecule has 0 radical (unpaired) electrons. The number of nitrogen functional groups attached to an aromatic ring is 1. The number of hydrogen-bond acceptors (Lipinski definition) is 11. The predicted molar refractivity (Wildman–Crippen MR) is 126 cm³/mol. The summed E-state index contributed by atoms with van der Waals surface area (Å²) >= 11 is 3.73. The van der Waals surface area contributed by atoms with E-state index >= 15 is 0 Å². The quantitative estimate of drug-likeness (QED) is 0.140. The summed E-state index contributed by atoms with van der Waals surface area (Å²) in [6, 6.07) is 2.62. The minimum atomic E-state index is -3.29. The number of thiazole rings is 1. The van der Waals surface area contributed by atoms with Crippen LogP contribution in [0.2, 0.25) is 0 Å². The molecule has 0 saturated carbocycles. The van der Waals surface area contributed by atoms with Crippen molar-refractivity contribution in [3.8, 4) is 0 Å². The third-order valence-corrected chi connectivity index (χ3v) is 7.90. The first-order valence-corrected chi connectivity index (χ1v) is 13.3. The number of thioether (sulfide) groups is 2. The van der Waals surface area contributed by atoms with E-state index in [-0.39, 0.29) is 28.8 Å². The van der Waals surface area contributed by atoms with E-state index in [0.717, 1.165) is 21.1 Å². The van der Waals surface area contributed by atoms with Gasteiger partial charge in [0.1, 0.15) is 17.1 Å². The van der Waals surface area contributed by atoms with Crippen LogP contribution >= 0.6 is 34.9 Å². The Balaban J connectivity index is 1.54. The normalized spacial score (nSPS) is 19.7. The summed E-state index contributed by atoms with van der Waals surface area (Å²) < 4.78 is 26.8. The SMILES string of the molecule is CSc1ccc[n+](CC2=C(C(=O)[O-])N3C(=O)C(NC(=O)C(=NOC(F)F)c4csc(N)n4)[C@H]3SC2)c1. The molecule has 1 fully saturated rings. The highest BCUT2D eigenvalue weighted by Gasteiger charge is 2.53. The van der Waals surface area contributed by atoms with Crippen molar-refractivity contribution in [3.63, 3.8) is 0 Å². The number of β-lactam (4-membered cyclic amide) rings is 1. The van der Waals surface area contributed by atoms with E-state index in [1.165, 1.54) is 28.9 Å². The molecule has 2 aromatic heterocycles. The number of rotatable bonds is 9. The van der Waals surface area contributed by atoms with Crippen LogP contribution in [0.25, 0.3) is 0 Å². The first-order chi connectivity index (χ1) is 17.2. The highest BCUT2D eigenvalue weighted by Crippen LogP contribution is 2.40. The maximum absolute atomic E-state index is 12.9. The van der Waals surface area contributed by atoms with Crippen molar-refractivity contribution in [2.24, 2.45) is 5.16 Å².